The van der Waals surface area contributed by atoms with Crippen LogP contribution in [0.1, 0.15) is 41.1 Å². The van der Waals surface area contributed by atoms with Crippen molar-refractivity contribution >= 4 is 46.2 Å². The average Bonchev–Trinajstić information content (AvgIpc) is 3.65. The average molecular weight is 508 g/mol. The van der Waals surface area contributed by atoms with Crippen LogP contribution in [0.4, 0.5) is 0 Å². The predicted octanol–water partition coefficient (Wildman–Crippen LogP) is 3.09. The zero-order valence-electron chi connectivity index (χ0n) is 19.1. The molecule has 0 saturated heterocycles. The summed E-state index contributed by atoms with van der Waals surface area (Å²) in [7, 11) is 0. The largest absolute Gasteiger partial charge is 0.453 e. The number of aryl methyl sites for hydroxylation is 1. The van der Waals surface area contributed by atoms with E-state index in [9.17, 15) is 24.3 Å². The normalized spacial score (nSPS) is 15.3. The molecule has 0 radical (unpaired) electrons. The van der Waals surface area contributed by atoms with Crippen molar-refractivity contribution in [3.63, 3.8) is 0 Å². The minimum Gasteiger partial charge on any atom is -0.453 e. The number of benzene rings is 2. The lowest BCUT2D eigenvalue weighted by molar-refractivity contribution is -0.150. The van der Waals surface area contributed by atoms with Gasteiger partial charge in [-0.25, -0.2) is 19.2 Å². The molecule has 12 nitrogen and oxygen atoms in total. The maximum Gasteiger partial charge on any atom is 0.349 e. The Morgan fingerprint density at radius 3 is 2.57 bits per heavy atom. The van der Waals surface area contributed by atoms with E-state index in [2.05, 4.69) is 13.2 Å². The maximum absolute atomic E-state index is 12.4. The molecule has 0 aromatic carbocycles. The van der Waals surface area contributed by atoms with Gasteiger partial charge in [0.25, 0.3) is 0 Å². The SMILES string of the molecule is C=C(C)C(=O)Oc1c2c3oc1c(CCC(=C)C(=O)OCC(=O)Oc1c4c5oc1cc5C(O)O4)c3C(=O)O2. The van der Waals surface area contributed by atoms with E-state index < -0.39 is 36.8 Å². The summed E-state index contributed by atoms with van der Waals surface area (Å²) in [6.07, 6.45) is -1.05. The van der Waals surface area contributed by atoms with E-state index in [4.69, 9.17) is 32.5 Å². The highest BCUT2D eigenvalue weighted by Crippen LogP contribution is 2.53. The van der Waals surface area contributed by atoms with Crippen molar-refractivity contribution < 1.29 is 56.8 Å². The molecule has 6 rings (SSSR count). The van der Waals surface area contributed by atoms with Gasteiger partial charge in [-0.2, -0.15) is 0 Å². The highest BCUT2D eigenvalue weighted by molar-refractivity contribution is 6.13. The van der Waals surface area contributed by atoms with Crippen LogP contribution in [-0.4, -0.2) is 35.6 Å². The second-order valence-electron chi connectivity index (χ2n) is 8.51. The summed E-state index contributed by atoms with van der Waals surface area (Å²) >= 11 is 0. The number of aliphatic hydroxyl groups is 1. The number of aliphatic hydroxyl groups excluding tert-OH is 1. The molecule has 1 N–H and O–H groups in total. The van der Waals surface area contributed by atoms with E-state index in [-0.39, 0.29) is 74.9 Å². The molecule has 4 aromatic heterocycles. The van der Waals surface area contributed by atoms with Crippen LogP contribution >= 0.6 is 0 Å². The quantitative estimate of drug-likeness (QED) is 0.200. The molecule has 0 fully saturated rings. The Balaban J connectivity index is 1.07. The number of fused-ring (bicyclic) bond motifs is 2. The van der Waals surface area contributed by atoms with Crippen LogP contribution in [0.3, 0.4) is 0 Å². The topological polar surface area (TPSA) is 161 Å². The molecule has 37 heavy (non-hydrogen) atoms. The molecule has 12 heteroatoms. The Kier molecular flexibility index (Phi) is 4.79. The second-order valence-corrected chi connectivity index (χ2v) is 8.51. The summed E-state index contributed by atoms with van der Waals surface area (Å²) in [5.41, 5.74) is 2.00. The van der Waals surface area contributed by atoms with Crippen LogP contribution in [-0.2, 0) is 25.5 Å². The van der Waals surface area contributed by atoms with Gasteiger partial charge in [0.1, 0.15) is 5.56 Å². The van der Waals surface area contributed by atoms with Gasteiger partial charge in [-0.1, -0.05) is 13.2 Å². The van der Waals surface area contributed by atoms with Crippen LogP contribution < -0.4 is 18.9 Å². The molecule has 1 unspecified atom stereocenters. The van der Waals surface area contributed by atoms with E-state index in [0.29, 0.717) is 11.1 Å². The Bertz CT molecular complexity index is 1660. The second kappa shape index (κ2) is 7.83. The van der Waals surface area contributed by atoms with E-state index in [0.717, 1.165) is 0 Å². The van der Waals surface area contributed by atoms with E-state index in [1.54, 1.807) is 0 Å². The maximum atomic E-state index is 12.4. The van der Waals surface area contributed by atoms with Crippen LogP contribution in [0.2, 0.25) is 0 Å². The number of hydrogen-bond donors (Lipinski definition) is 1. The molecule has 0 amide bonds. The molecule has 6 heterocycles. The highest BCUT2D eigenvalue weighted by Gasteiger charge is 2.41. The first-order valence-electron chi connectivity index (χ1n) is 10.9. The first-order valence-corrected chi connectivity index (χ1v) is 10.9. The third-order valence-electron chi connectivity index (χ3n) is 5.96. The Hall–Kier alpha value is -4.84. The number of rotatable bonds is 9. The summed E-state index contributed by atoms with van der Waals surface area (Å²) in [4.78, 5) is 48.8. The third kappa shape index (κ3) is 3.33. The number of furan rings is 4. The molecule has 1 atom stereocenters. The summed E-state index contributed by atoms with van der Waals surface area (Å²) < 4.78 is 36.7. The van der Waals surface area contributed by atoms with Crippen LogP contribution in [0, 0.1) is 0 Å². The Morgan fingerprint density at radius 2 is 1.81 bits per heavy atom. The summed E-state index contributed by atoms with van der Waals surface area (Å²) in [5.74, 6) is -3.03. The van der Waals surface area contributed by atoms with E-state index in [1.165, 1.54) is 13.0 Å². The molecule has 188 valence electrons. The van der Waals surface area contributed by atoms with Crippen molar-refractivity contribution in [1.82, 2.24) is 0 Å². The smallest absolute Gasteiger partial charge is 0.349 e. The molecule has 2 aliphatic rings. The van der Waals surface area contributed by atoms with Gasteiger partial charge < -0.3 is 37.6 Å². The minimum atomic E-state index is -1.20. The Labute approximate surface area is 206 Å². The van der Waals surface area contributed by atoms with Crippen molar-refractivity contribution in [3.05, 3.63) is 47.1 Å². The number of hydrogen-bond acceptors (Lipinski definition) is 12. The van der Waals surface area contributed by atoms with Gasteiger partial charge in [0.15, 0.2) is 28.9 Å². The van der Waals surface area contributed by atoms with E-state index >= 15 is 0 Å². The fourth-order valence-electron chi connectivity index (χ4n) is 4.20. The van der Waals surface area contributed by atoms with Gasteiger partial charge in [-0.05, 0) is 25.8 Å². The molecular formula is C25H16O12. The molecule has 4 aromatic rings. The Morgan fingerprint density at radius 1 is 1.03 bits per heavy atom. The van der Waals surface area contributed by atoms with Crippen molar-refractivity contribution in [3.8, 4) is 23.0 Å². The number of ether oxygens (including phenoxy) is 5. The van der Waals surface area contributed by atoms with E-state index in [1.807, 2.05) is 0 Å². The van der Waals surface area contributed by atoms with Gasteiger partial charge in [0, 0.05) is 16.7 Å². The lowest BCUT2D eigenvalue weighted by Gasteiger charge is -2.08. The zero-order chi connectivity index (χ0) is 26.2. The third-order valence-corrected chi connectivity index (χ3v) is 5.96. The first-order chi connectivity index (χ1) is 17.6. The molecule has 0 aliphatic carbocycles. The molecular weight excluding hydrogens is 492 g/mol. The van der Waals surface area contributed by atoms with Crippen LogP contribution in [0.5, 0.6) is 23.0 Å². The van der Waals surface area contributed by atoms with Crippen LogP contribution in [0.25, 0.3) is 22.3 Å². The molecule has 4 bridgehead atoms. The number of carbonyl (C=O) groups excluding carboxylic acids is 4. The van der Waals surface area contributed by atoms with Crippen molar-refractivity contribution in [1.29, 1.82) is 0 Å². The monoisotopic (exact) mass is 508 g/mol. The fourth-order valence-corrected chi connectivity index (χ4v) is 4.20. The fraction of sp³-hybridized carbons (Fsp3) is 0.200. The lowest BCUT2D eigenvalue weighted by Crippen LogP contribution is -2.19. The summed E-state index contributed by atoms with van der Waals surface area (Å²) in [6, 6.07) is 1.49. The standard InChI is InChI=1S/C25H16O12/c1-8(2)22(27)35-20-15-10(14-18(34-15)21(20)37-25(14)30)5-4-9(3)23(28)31-7-13(26)33-17-12-6-11-16(32-12)19(17)36-24(11)29/h6,24,29H,1,3-5,7H2,2H3. The lowest BCUT2D eigenvalue weighted by atomic mass is 10.0. The number of carbonyl (C=O) groups is 4. The number of esters is 4. The van der Waals surface area contributed by atoms with Gasteiger partial charge >= 0.3 is 23.9 Å². The predicted molar refractivity (Wildman–Crippen MR) is 120 cm³/mol. The minimum absolute atomic E-state index is 0.00608. The molecule has 0 saturated carbocycles. The van der Waals surface area contributed by atoms with Gasteiger partial charge in [0.05, 0.1) is 5.56 Å². The van der Waals surface area contributed by atoms with Gasteiger partial charge in [-0.3, -0.25) is 0 Å². The first kappa shape index (κ1) is 22.6. The molecule has 0 spiro atoms. The van der Waals surface area contributed by atoms with Gasteiger partial charge in [0.2, 0.25) is 29.3 Å². The van der Waals surface area contributed by atoms with Gasteiger partial charge in [-0.15, -0.1) is 0 Å². The van der Waals surface area contributed by atoms with Crippen LogP contribution in [0.15, 0.2) is 39.2 Å². The van der Waals surface area contributed by atoms with Crippen molar-refractivity contribution in [2.45, 2.75) is 26.1 Å². The summed E-state index contributed by atoms with van der Waals surface area (Å²) in [6.45, 7) is 7.94. The van der Waals surface area contributed by atoms with Crippen molar-refractivity contribution in [2.75, 3.05) is 6.61 Å². The highest BCUT2D eigenvalue weighted by atomic mass is 16.6. The van der Waals surface area contributed by atoms with Crippen molar-refractivity contribution in [2.24, 2.45) is 0 Å². The molecule has 2 aliphatic heterocycles. The summed E-state index contributed by atoms with van der Waals surface area (Å²) in [5, 5.41) is 9.75. The zero-order valence-corrected chi connectivity index (χ0v) is 19.1.